The van der Waals surface area contributed by atoms with Gasteiger partial charge in [0.05, 0.1) is 11.1 Å². The number of nitrogens with one attached hydrogen (secondary N) is 1. The van der Waals surface area contributed by atoms with E-state index in [1.807, 2.05) is 0 Å². The lowest BCUT2D eigenvalue weighted by Crippen LogP contribution is -2.20. The van der Waals surface area contributed by atoms with Crippen LogP contribution in [-0.4, -0.2) is 32.6 Å². The lowest BCUT2D eigenvalue weighted by molar-refractivity contribution is -0.134. The summed E-state index contributed by atoms with van der Waals surface area (Å²) in [7, 11) is 0. The minimum atomic E-state index is -1.17. The van der Waals surface area contributed by atoms with Gasteiger partial charge in [0.15, 0.2) is 5.69 Å². The van der Waals surface area contributed by atoms with Crippen molar-refractivity contribution in [3.63, 3.8) is 0 Å². The van der Waals surface area contributed by atoms with Crippen LogP contribution in [0.25, 0.3) is 10.9 Å². The molecule has 9 nitrogen and oxygen atoms in total. The fourth-order valence-corrected chi connectivity index (χ4v) is 2.71. The summed E-state index contributed by atoms with van der Waals surface area (Å²) in [5.74, 6) is -3.53. The van der Waals surface area contributed by atoms with Crippen molar-refractivity contribution in [3.05, 3.63) is 66.7 Å². The quantitative estimate of drug-likeness (QED) is 0.347. The third-order valence-corrected chi connectivity index (χ3v) is 4.05. The van der Waals surface area contributed by atoms with Crippen LogP contribution < -0.4 is 5.32 Å². The third-order valence-electron chi connectivity index (χ3n) is 4.05. The monoisotopic (exact) mass is 392 g/mol. The number of aromatic nitrogens is 1. The smallest absolute Gasteiger partial charge is 0.353 e. The van der Waals surface area contributed by atoms with Crippen molar-refractivity contribution in [3.8, 4) is 5.88 Å². The van der Waals surface area contributed by atoms with Crippen LogP contribution in [0, 0.1) is 0 Å². The summed E-state index contributed by atoms with van der Waals surface area (Å²) >= 11 is 0. The maximum atomic E-state index is 12.0. The van der Waals surface area contributed by atoms with E-state index in [4.69, 9.17) is 5.11 Å². The third kappa shape index (κ3) is 4.03. The molecule has 0 unspecified atom stereocenters. The van der Waals surface area contributed by atoms with Crippen molar-refractivity contribution >= 4 is 40.1 Å². The summed E-state index contributed by atoms with van der Waals surface area (Å²) in [5, 5.41) is 29.3. The summed E-state index contributed by atoms with van der Waals surface area (Å²) in [4.78, 5) is 34.8. The van der Waals surface area contributed by atoms with E-state index in [2.05, 4.69) is 22.1 Å². The van der Waals surface area contributed by atoms with Gasteiger partial charge in [0.1, 0.15) is 0 Å². The molecule has 3 aromatic rings. The lowest BCUT2D eigenvalue weighted by atomic mass is 10.2. The number of carbonyl (C=O) groups is 3. The Kier molecular flexibility index (Phi) is 5.49. The van der Waals surface area contributed by atoms with E-state index >= 15 is 0 Å². The van der Waals surface area contributed by atoms with Gasteiger partial charge in [0, 0.05) is 17.6 Å². The highest BCUT2D eigenvalue weighted by atomic mass is 16.4. The number of nitrogens with zero attached hydrogens (tertiary/aromatic N) is 3. The number of carbonyl (C=O) groups excluding carboxylic acids is 2. The van der Waals surface area contributed by atoms with Crippen molar-refractivity contribution in [2.24, 2.45) is 10.2 Å². The fourth-order valence-electron chi connectivity index (χ4n) is 2.71. The Balaban J connectivity index is 1.80. The van der Waals surface area contributed by atoms with Gasteiger partial charge in [0.2, 0.25) is 5.88 Å². The van der Waals surface area contributed by atoms with Crippen LogP contribution in [-0.2, 0) is 16.1 Å². The second-order valence-electron chi connectivity index (χ2n) is 5.93. The number of benzene rings is 2. The van der Waals surface area contributed by atoms with E-state index in [0.717, 1.165) is 0 Å². The molecule has 0 aliphatic rings. The second kappa shape index (κ2) is 8.17. The number of azo groups is 1. The van der Waals surface area contributed by atoms with Crippen LogP contribution in [0.15, 0.2) is 71.4 Å². The number of aromatic carboxylic acids is 1. The molecule has 0 spiro atoms. The van der Waals surface area contributed by atoms with Gasteiger partial charge in [-0.15, -0.1) is 16.8 Å². The number of amides is 2. The molecule has 2 aromatic carbocycles. The van der Waals surface area contributed by atoms with Crippen molar-refractivity contribution in [2.45, 2.75) is 6.54 Å². The Labute approximate surface area is 164 Å². The summed E-state index contributed by atoms with van der Waals surface area (Å²) in [6, 6.07) is 12.3. The van der Waals surface area contributed by atoms with Crippen LogP contribution in [0.1, 0.15) is 10.4 Å². The molecule has 9 heteroatoms. The maximum absolute atomic E-state index is 12.0. The molecule has 0 atom stereocenters. The van der Waals surface area contributed by atoms with Crippen molar-refractivity contribution < 1.29 is 24.6 Å². The number of hydrogen-bond donors (Lipinski definition) is 3. The van der Waals surface area contributed by atoms with E-state index in [9.17, 15) is 19.5 Å². The molecule has 29 heavy (non-hydrogen) atoms. The Bertz CT molecular complexity index is 1150. The number of fused-ring (bicyclic) bond motifs is 1. The van der Waals surface area contributed by atoms with Gasteiger partial charge in [-0.05, 0) is 30.3 Å². The Morgan fingerprint density at radius 2 is 1.79 bits per heavy atom. The minimum absolute atomic E-state index is 0.0420. The molecule has 0 bridgehead atoms. The summed E-state index contributed by atoms with van der Waals surface area (Å²) in [6.45, 7) is 3.96. The minimum Gasteiger partial charge on any atom is -0.493 e. The molecule has 0 saturated heterocycles. The number of allylic oxidation sites excluding steroid dienone is 1. The van der Waals surface area contributed by atoms with Gasteiger partial charge < -0.3 is 20.1 Å². The van der Waals surface area contributed by atoms with Crippen LogP contribution in [0.5, 0.6) is 5.88 Å². The van der Waals surface area contributed by atoms with Gasteiger partial charge in [-0.3, -0.25) is 9.59 Å². The van der Waals surface area contributed by atoms with E-state index < -0.39 is 17.8 Å². The van der Waals surface area contributed by atoms with Gasteiger partial charge in [-0.25, -0.2) is 4.79 Å². The van der Waals surface area contributed by atoms with Crippen molar-refractivity contribution in [1.82, 2.24) is 4.57 Å². The molecular weight excluding hydrogens is 376 g/mol. The SMILES string of the molecule is C=CCn1c(O)c(N=NC(=O)C(=O)Nc2ccc(C(=O)O)cc2)c2ccccc21. The molecule has 0 saturated carbocycles. The Hall–Kier alpha value is -4.27. The number of carboxylic acid groups (broad SMARTS) is 1. The number of carboxylic acids is 1. The first kappa shape index (κ1) is 19.5. The van der Waals surface area contributed by atoms with Crippen LogP contribution >= 0.6 is 0 Å². The molecule has 2 amide bonds. The molecule has 1 aromatic heterocycles. The van der Waals surface area contributed by atoms with Crippen LogP contribution in [0.3, 0.4) is 0 Å². The molecule has 0 aliphatic heterocycles. The van der Waals surface area contributed by atoms with Gasteiger partial charge in [-0.1, -0.05) is 24.3 Å². The van der Waals surface area contributed by atoms with E-state index in [1.165, 1.54) is 24.3 Å². The average Bonchev–Trinajstić information content (AvgIpc) is 2.98. The summed E-state index contributed by atoms with van der Waals surface area (Å²) in [6.07, 6.45) is 1.60. The highest BCUT2D eigenvalue weighted by Crippen LogP contribution is 2.38. The molecule has 3 N–H and O–H groups in total. The van der Waals surface area contributed by atoms with Crippen molar-refractivity contribution in [1.29, 1.82) is 0 Å². The van der Waals surface area contributed by atoms with E-state index in [1.54, 1.807) is 34.9 Å². The van der Waals surface area contributed by atoms with Crippen LogP contribution in [0.2, 0.25) is 0 Å². The highest BCUT2D eigenvalue weighted by molar-refractivity contribution is 6.40. The predicted octanol–water partition coefficient (Wildman–Crippen LogP) is 3.48. The first-order valence-electron chi connectivity index (χ1n) is 8.44. The highest BCUT2D eigenvalue weighted by Gasteiger charge is 2.18. The predicted molar refractivity (Wildman–Crippen MR) is 105 cm³/mol. The van der Waals surface area contributed by atoms with Gasteiger partial charge in [0.25, 0.3) is 0 Å². The number of hydrogen-bond acceptors (Lipinski definition) is 5. The Morgan fingerprint density at radius 1 is 1.10 bits per heavy atom. The fraction of sp³-hybridized carbons (Fsp3) is 0.0500. The normalized spacial score (nSPS) is 10.9. The number of rotatable bonds is 5. The largest absolute Gasteiger partial charge is 0.493 e. The van der Waals surface area contributed by atoms with E-state index in [0.29, 0.717) is 17.4 Å². The number of para-hydroxylation sites is 1. The topological polar surface area (TPSA) is 133 Å². The molecule has 146 valence electrons. The maximum Gasteiger partial charge on any atom is 0.353 e. The zero-order valence-electron chi connectivity index (χ0n) is 15.1. The molecule has 1 heterocycles. The molecule has 0 radical (unpaired) electrons. The zero-order valence-corrected chi connectivity index (χ0v) is 15.1. The van der Waals surface area contributed by atoms with Crippen LogP contribution in [0.4, 0.5) is 11.4 Å². The number of aromatic hydroxyl groups is 1. The molecule has 0 aliphatic carbocycles. The molecular formula is C20H16N4O5. The number of anilines is 1. The first-order chi connectivity index (χ1) is 13.9. The standard InChI is InChI=1S/C20H16N4O5/c1-2-11-24-15-6-4-3-5-14(15)16(19(24)27)22-23-18(26)17(25)21-13-9-7-12(8-10-13)20(28)29/h2-10,27H,1,11H2,(H,21,25)(H,28,29). The summed E-state index contributed by atoms with van der Waals surface area (Å²) < 4.78 is 1.55. The molecule has 0 fully saturated rings. The van der Waals surface area contributed by atoms with Gasteiger partial charge in [-0.2, -0.15) is 0 Å². The second-order valence-corrected chi connectivity index (χ2v) is 5.93. The zero-order chi connectivity index (χ0) is 21.0. The Morgan fingerprint density at radius 3 is 2.45 bits per heavy atom. The first-order valence-corrected chi connectivity index (χ1v) is 8.44. The van der Waals surface area contributed by atoms with E-state index in [-0.39, 0.29) is 22.8 Å². The average molecular weight is 392 g/mol. The lowest BCUT2D eigenvalue weighted by Gasteiger charge is -2.02. The summed E-state index contributed by atoms with van der Waals surface area (Å²) in [5.41, 5.74) is 1.01. The van der Waals surface area contributed by atoms with Crippen molar-refractivity contribution in [2.75, 3.05) is 5.32 Å². The molecule has 3 rings (SSSR count). The van der Waals surface area contributed by atoms with Gasteiger partial charge >= 0.3 is 17.8 Å².